The lowest BCUT2D eigenvalue weighted by molar-refractivity contribution is -0.151. The Kier molecular flexibility index (Phi) is 6.62. The molecule has 1 heterocycles. The minimum atomic E-state index is -0.980. The summed E-state index contributed by atoms with van der Waals surface area (Å²) in [5, 5.41) is 3.18. The average Bonchev–Trinajstić information content (AvgIpc) is 2.72. The molecule has 0 fully saturated rings. The second-order valence-electron chi connectivity index (χ2n) is 8.21. The highest BCUT2D eigenvalue weighted by Gasteiger charge is 2.47. The molecule has 0 unspecified atom stereocenters. The van der Waals surface area contributed by atoms with Crippen molar-refractivity contribution >= 4 is 17.7 Å². The highest BCUT2D eigenvalue weighted by atomic mass is 19.1. The van der Waals surface area contributed by atoms with Crippen LogP contribution < -0.4 is 5.32 Å². The van der Waals surface area contributed by atoms with Crippen LogP contribution in [0.2, 0.25) is 0 Å². The molecule has 1 aromatic rings. The Morgan fingerprint density at radius 1 is 1.32 bits per heavy atom. The lowest BCUT2D eigenvalue weighted by Crippen LogP contribution is -2.43. The Labute approximate surface area is 181 Å². The fraction of sp³-hybridized carbons (Fsp3) is 0.458. The van der Waals surface area contributed by atoms with Gasteiger partial charge in [0.05, 0.1) is 18.8 Å². The topological polar surface area (TPSA) is 81.7 Å². The number of ketones is 1. The summed E-state index contributed by atoms with van der Waals surface area (Å²) >= 11 is 0. The first kappa shape index (κ1) is 22.7. The van der Waals surface area contributed by atoms with Gasteiger partial charge >= 0.3 is 11.9 Å². The number of ether oxygens (including phenoxy) is 2. The number of esters is 2. The summed E-state index contributed by atoms with van der Waals surface area (Å²) in [6, 6.07) is 5.82. The quantitative estimate of drug-likeness (QED) is 0.567. The minimum Gasteiger partial charge on any atom is -0.468 e. The molecule has 7 heteroatoms. The number of carbonyl (C=O) groups excluding carboxylic acids is 3. The Hall–Kier alpha value is -2.96. The first-order chi connectivity index (χ1) is 14.7. The van der Waals surface area contributed by atoms with E-state index in [2.05, 4.69) is 5.32 Å². The molecule has 1 N–H and O–H groups in total. The molecule has 3 rings (SSSR count). The van der Waals surface area contributed by atoms with Gasteiger partial charge in [-0.1, -0.05) is 26.0 Å². The highest BCUT2D eigenvalue weighted by molar-refractivity contribution is 6.12. The van der Waals surface area contributed by atoms with Crippen LogP contribution in [0.3, 0.4) is 0 Å². The van der Waals surface area contributed by atoms with Crippen molar-refractivity contribution in [3.8, 4) is 0 Å². The lowest BCUT2D eigenvalue weighted by atomic mass is 9.69. The summed E-state index contributed by atoms with van der Waals surface area (Å²) in [5.74, 6) is -4.17. The first-order valence-electron chi connectivity index (χ1n) is 10.5. The van der Waals surface area contributed by atoms with Crippen LogP contribution >= 0.6 is 0 Å². The van der Waals surface area contributed by atoms with E-state index in [1.165, 1.54) is 25.3 Å². The molecule has 0 spiro atoms. The third-order valence-corrected chi connectivity index (χ3v) is 6.03. The maximum Gasteiger partial charge on any atom is 0.337 e. The molecule has 2 aliphatic rings. The van der Waals surface area contributed by atoms with Gasteiger partial charge in [-0.3, -0.25) is 9.59 Å². The second kappa shape index (κ2) is 9.04. The zero-order valence-electron chi connectivity index (χ0n) is 18.5. The number of hydrogen-bond donors (Lipinski definition) is 1. The standard InChI is InChI=1S/C24H28FNO5/c1-6-13(3)31-24(29)19-14(4)26-17-10-12(2)18(23(28)30-5)22(27)21(17)20(19)15-8-7-9-16(25)11-15/h7-9,11-13,18,20,26H,6,10H2,1-5H3/t12-,13-,18-,20-/m1/s1. The molecular formula is C24H28FNO5. The van der Waals surface area contributed by atoms with E-state index in [1.807, 2.05) is 13.8 Å². The molecule has 1 aliphatic carbocycles. The molecular weight excluding hydrogens is 401 g/mol. The number of methoxy groups -OCH3 is 1. The smallest absolute Gasteiger partial charge is 0.337 e. The molecule has 0 saturated heterocycles. The third-order valence-electron chi connectivity index (χ3n) is 6.03. The first-order valence-corrected chi connectivity index (χ1v) is 10.5. The summed E-state index contributed by atoms with van der Waals surface area (Å²) in [6.07, 6.45) is 0.740. The molecule has 0 saturated carbocycles. The van der Waals surface area contributed by atoms with Gasteiger partial charge < -0.3 is 14.8 Å². The van der Waals surface area contributed by atoms with E-state index < -0.39 is 35.4 Å². The number of dihydropyridines is 1. The van der Waals surface area contributed by atoms with Crippen molar-refractivity contribution < 1.29 is 28.2 Å². The van der Waals surface area contributed by atoms with E-state index in [4.69, 9.17) is 9.47 Å². The Balaban J connectivity index is 2.17. The van der Waals surface area contributed by atoms with Gasteiger partial charge in [0.2, 0.25) is 0 Å². The van der Waals surface area contributed by atoms with Crippen molar-refractivity contribution in [2.75, 3.05) is 7.11 Å². The van der Waals surface area contributed by atoms with Gasteiger partial charge in [0.25, 0.3) is 0 Å². The monoisotopic (exact) mass is 429 g/mol. The van der Waals surface area contributed by atoms with Gasteiger partial charge in [-0.05, 0) is 50.3 Å². The number of carbonyl (C=O) groups is 3. The number of hydrogen-bond acceptors (Lipinski definition) is 6. The molecule has 0 amide bonds. The van der Waals surface area contributed by atoms with Crippen LogP contribution in [0.1, 0.15) is 52.0 Å². The van der Waals surface area contributed by atoms with Crippen LogP contribution in [0.4, 0.5) is 4.39 Å². The maximum absolute atomic E-state index is 14.1. The van der Waals surface area contributed by atoms with Crippen molar-refractivity contribution in [3.05, 3.63) is 58.2 Å². The molecule has 0 radical (unpaired) electrons. The zero-order chi connectivity index (χ0) is 22.9. The molecule has 6 nitrogen and oxygen atoms in total. The number of Topliss-reactive ketones (excluding diaryl/α,β-unsaturated/α-hetero) is 1. The predicted octanol–water partition coefficient (Wildman–Crippen LogP) is 3.78. The van der Waals surface area contributed by atoms with Crippen LogP contribution in [0.25, 0.3) is 0 Å². The van der Waals surface area contributed by atoms with E-state index in [-0.39, 0.29) is 17.6 Å². The van der Waals surface area contributed by atoms with E-state index in [1.54, 1.807) is 19.9 Å². The Morgan fingerprint density at radius 3 is 2.65 bits per heavy atom. The molecule has 31 heavy (non-hydrogen) atoms. The molecule has 0 aromatic heterocycles. The van der Waals surface area contributed by atoms with E-state index in [0.29, 0.717) is 35.4 Å². The van der Waals surface area contributed by atoms with Gasteiger partial charge in [0.1, 0.15) is 11.7 Å². The van der Waals surface area contributed by atoms with Gasteiger partial charge in [0.15, 0.2) is 5.78 Å². The van der Waals surface area contributed by atoms with E-state index in [9.17, 15) is 18.8 Å². The zero-order valence-corrected chi connectivity index (χ0v) is 18.5. The molecule has 1 aromatic carbocycles. The van der Waals surface area contributed by atoms with Crippen LogP contribution in [-0.4, -0.2) is 30.9 Å². The molecule has 4 atom stereocenters. The fourth-order valence-electron chi connectivity index (χ4n) is 4.30. The van der Waals surface area contributed by atoms with E-state index >= 15 is 0 Å². The summed E-state index contributed by atoms with van der Waals surface area (Å²) in [6.45, 7) is 7.24. The second-order valence-corrected chi connectivity index (χ2v) is 8.21. The molecule has 1 aliphatic heterocycles. The van der Waals surface area contributed by atoms with Crippen molar-refractivity contribution in [1.82, 2.24) is 5.32 Å². The largest absolute Gasteiger partial charge is 0.468 e. The van der Waals surface area contributed by atoms with Gasteiger partial charge in [-0.25, -0.2) is 9.18 Å². The van der Waals surface area contributed by atoms with Crippen molar-refractivity contribution in [2.24, 2.45) is 11.8 Å². The lowest BCUT2D eigenvalue weighted by Gasteiger charge is -2.38. The number of allylic oxidation sites excluding steroid dienone is 3. The average molecular weight is 429 g/mol. The summed E-state index contributed by atoms with van der Waals surface area (Å²) in [5.41, 5.74) is 2.19. The number of rotatable bonds is 5. The van der Waals surface area contributed by atoms with Gasteiger partial charge in [-0.2, -0.15) is 0 Å². The fourth-order valence-corrected chi connectivity index (χ4v) is 4.30. The van der Waals surface area contributed by atoms with Crippen LogP contribution in [0, 0.1) is 17.7 Å². The maximum atomic E-state index is 14.1. The van der Waals surface area contributed by atoms with Crippen LogP contribution in [-0.2, 0) is 23.9 Å². The minimum absolute atomic E-state index is 0.246. The predicted molar refractivity (Wildman–Crippen MR) is 112 cm³/mol. The number of halogens is 1. The Morgan fingerprint density at radius 2 is 2.03 bits per heavy atom. The van der Waals surface area contributed by atoms with Crippen LogP contribution in [0.15, 0.2) is 46.8 Å². The highest BCUT2D eigenvalue weighted by Crippen LogP contribution is 2.45. The van der Waals surface area contributed by atoms with Crippen LogP contribution in [0.5, 0.6) is 0 Å². The SMILES string of the molecule is CC[C@@H](C)OC(=O)C1=C(C)NC2=C(C(=O)[C@H](C(=O)OC)[C@H](C)C2)[C@@H]1c1cccc(F)c1. The number of nitrogens with one attached hydrogen (secondary N) is 1. The molecule has 166 valence electrons. The summed E-state index contributed by atoms with van der Waals surface area (Å²) in [4.78, 5) is 39.0. The summed E-state index contributed by atoms with van der Waals surface area (Å²) in [7, 11) is 1.24. The van der Waals surface area contributed by atoms with Crippen molar-refractivity contribution in [2.45, 2.75) is 52.6 Å². The normalized spacial score (nSPS) is 24.3. The van der Waals surface area contributed by atoms with E-state index in [0.717, 1.165) is 0 Å². The van der Waals surface area contributed by atoms with Gasteiger partial charge in [0, 0.05) is 22.9 Å². The van der Waals surface area contributed by atoms with Crippen molar-refractivity contribution in [1.29, 1.82) is 0 Å². The summed E-state index contributed by atoms with van der Waals surface area (Å²) < 4.78 is 24.6. The third kappa shape index (κ3) is 4.27. The van der Waals surface area contributed by atoms with Gasteiger partial charge in [-0.15, -0.1) is 0 Å². The Bertz CT molecular complexity index is 980. The molecule has 0 bridgehead atoms. The van der Waals surface area contributed by atoms with Crippen molar-refractivity contribution in [3.63, 3.8) is 0 Å². The number of benzene rings is 1.